The molecule has 0 spiro atoms. The summed E-state index contributed by atoms with van der Waals surface area (Å²) < 4.78 is 30.6. The van der Waals surface area contributed by atoms with E-state index in [2.05, 4.69) is 19.2 Å². The van der Waals surface area contributed by atoms with Gasteiger partial charge in [-0.1, -0.05) is 63.8 Å². The van der Waals surface area contributed by atoms with Crippen molar-refractivity contribution in [2.75, 3.05) is 19.8 Å². The zero-order chi connectivity index (χ0) is 38.2. The fourth-order valence-corrected chi connectivity index (χ4v) is 8.07. The summed E-state index contributed by atoms with van der Waals surface area (Å²) >= 11 is 0. The fourth-order valence-electron chi connectivity index (χ4n) is 8.07. The number of carbonyl (C=O) groups is 3. The van der Waals surface area contributed by atoms with E-state index < -0.39 is 77.8 Å². The van der Waals surface area contributed by atoms with E-state index in [1.54, 1.807) is 31.9 Å². The Morgan fingerprint density at radius 2 is 1.72 bits per heavy atom. The largest absolute Gasteiger partial charge is 0.499 e. The minimum absolute atomic E-state index is 0.00560. The lowest BCUT2D eigenvalue weighted by molar-refractivity contribution is -0.224. The highest BCUT2D eigenvalue weighted by atomic mass is 16.8. The smallest absolute Gasteiger partial charge is 0.327 e. The number of carbonyl (C=O) groups excluding carboxylic acids is 3. The Morgan fingerprint density at radius 3 is 2.34 bits per heavy atom. The molecule has 3 aliphatic heterocycles. The molecule has 1 saturated carbocycles. The van der Waals surface area contributed by atoms with Crippen LogP contribution in [-0.4, -0.2) is 101 Å². The van der Waals surface area contributed by atoms with Gasteiger partial charge >= 0.3 is 11.9 Å². The SMILES string of the molecule is CCCCCC1(CCCCC)OC2C3CC4(C(=O)NC(CO)CCC(=O)OC(C)(C)C)C(ON(Cc5ccc(C=COCCO)cc5)C4C(=O)O3)C2O1. The van der Waals surface area contributed by atoms with Crippen molar-refractivity contribution < 1.29 is 53.1 Å². The lowest BCUT2D eigenvalue weighted by atomic mass is 9.62. The van der Waals surface area contributed by atoms with Crippen LogP contribution in [0.15, 0.2) is 30.5 Å². The molecule has 4 aliphatic rings. The number of ether oxygens (including phenoxy) is 5. The molecule has 13 heteroatoms. The Labute approximate surface area is 313 Å². The number of amides is 1. The van der Waals surface area contributed by atoms with Crippen molar-refractivity contribution in [3.63, 3.8) is 0 Å². The minimum atomic E-state index is -1.42. The van der Waals surface area contributed by atoms with Gasteiger partial charge in [0, 0.05) is 25.7 Å². The number of rotatable bonds is 20. The van der Waals surface area contributed by atoms with Gasteiger partial charge in [0.15, 0.2) is 11.8 Å². The highest BCUT2D eigenvalue weighted by molar-refractivity contribution is 5.93. The number of unbranched alkanes of at least 4 members (excludes halogenated alkanes) is 4. The zero-order valence-electron chi connectivity index (χ0n) is 32.1. The van der Waals surface area contributed by atoms with Crippen LogP contribution in [0.4, 0.5) is 0 Å². The van der Waals surface area contributed by atoms with Crippen LogP contribution < -0.4 is 5.32 Å². The normalized spacial score (nSPS) is 28.1. The van der Waals surface area contributed by atoms with Gasteiger partial charge in [0.1, 0.15) is 42.0 Å². The monoisotopic (exact) mass is 744 g/mol. The Hall–Kier alpha value is -3.07. The molecule has 1 amide bonds. The molecule has 3 heterocycles. The minimum Gasteiger partial charge on any atom is -0.499 e. The third-order valence-electron chi connectivity index (χ3n) is 10.6. The first-order chi connectivity index (χ1) is 25.4. The molecule has 4 fully saturated rings. The number of nitrogens with one attached hydrogen (secondary N) is 1. The highest BCUT2D eigenvalue weighted by Gasteiger charge is 2.76. The molecule has 53 heavy (non-hydrogen) atoms. The molecule has 3 N–H and O–H groups in total. The summed E-state index contributed by atoms with van der Waals surface area (Å²) in [5, 5.41) is 23.8. The van der Waals surface area contributed by atoms with Crippen molar-refractivity contribution in [2.24, 2.45) is 5.41 Å². The zero-order valence-corrected chi connectivity index (χ0v) is 32.1. The second-order valence-electron chi connectivity index (χ2n) is 15.8. The number of benzene rings is 1. The maximum atomic E-state index is 14.8. The second kappa shape index (κ2) is 18.0. The quantitative estimate of drug-likeness (QED) is 0.0960. The molecule has 5 rings (SSSR count). The van der Waals surface area contributed by atoms with E-state index in [1.165, 1.54) is 6.26 Å². The lowest BCUT2D eigenvalue weighted by Crippen LogP contribution is -2.70. The van der Waals surface area contributed by atoms with Gasteiger partial charge < -0.3 is 39.2 Å². The van der Waals surface area contributed by atoms with Crippen LogP contribution in [0.3, 0.4) is 0 Å². The van der Waals surface area contributed by atoms with Crippen molar-refractivity contribution in [3.8, 4) is 0 Å². The summed E-state index contributed by atoms with van der Waals surface area (Å²) in [5.74, 6) is -2.36. The number of aliphatic hydroxyl groups is 2. The van der Waals surface area contributed by atoms with Crippen molar-refractivity contribution in [1.82, 2.24) is 10.4 Å². The van der Waals surface area contributed by atoms with E-state index in [0.717, 1.165) is 49.7 Å². The highest BCUT2D eigenvalue weighted by Crippen LogP contribution is 2.58. The number of aliphatic hydroxyl groups excluding tert-OH is 2. The van der Waals surface area contributed by atoms with Crippen LogP contribution in [0.25, 0.3) is 6.08 Å². The molecule has 13 nitrogen and oxygen atoms in total. The van der Waals surface area contributed by atoms with E-state index in [0.29, 0.717) is 12.8 Å². The molecule has 1 aliphatic carbocycles. The topological polar surface area (TPSA) is 162 Å². The second-order valence-corrected chi connectivity index (χ2v) is 15.8. The van der Waals surface area contributed by atoms with Crippen molar-refractivity contribution >= 4 is 23.9 Å². The first-order valence-corrected chi connectivity index (χ1v) is 19.5. The summed E-state index contributed by atoms with van der Waals surface area (Å²) in [6.07, 6.45) is 7.99. The molecule has 7 atom stereocenters. The summed E-state index contributed by atoms with van der Waals surface area (Å²) in [7, 11) is 0. The van der Waals surface area contributed by atoms with E-state index in [-0.39, 0.29) is 39.0 Å². The predicted molar refractivity (Wildman–Crippen MR) is 195 cm³/mol. The Kier molecular flexibility index (Phi) is 14.0. The van der Waals surface area contributed by atoms with Crippen molar-refractivity contribution in [3.05, 3.63) is 41.7 Å². The van der Waals surface area contributed by atoms with Crippen LogP contribution in [0.2, 0.25) is 0 Å². The van der Waals surface area contributed by atoms with Gasteiger partial charge in [-0.3, -0.25) is 19.2 Å². The number of fused-ring (bicyclic) bond motifs is 4. The molecular formula is C40H60N2O11. The lowest BCUT2D eigenvalue weighted by Gasteiger charge is -2.49. The van der Waals surface area contributed by atoms with Gasteiger partial charge in [-0.25, -0.2) is 0 Å². The van der Waals surface area contributed by atoms with E-state index in [1.807, 2.05) is 24.3 Å². The first-order valence-electron chi connectivity index (χ1n) is 19.5. The van der Waals surface area contributed by atoms with Gasteiger partial charge in [-0.05, 0) is 57.2 Å². The standard InChI is InChI=1S/C40H60N2O11/c1-6-8-10-19-39(20-11-9-7-2)51-32-30-24-40(37(47)41-29(26-44)16-17-31(45)50-38(3,4)5)34(36(46)49-30)42(53-35(40)33(32)52-39)25-28-14-12-27(13-15-28)18-22-48-23-21-43/h12-15,18,22,29-30,32-35,43-44H,6-11,16-17,19-21,23-26H2,1-5H3,(H,41,47). The van der Waals surface area contributed by atoms with Gasteiger partial charge in [0.25, 0.3) is 0 Å². The fraction of sp³-hybridized carbons (Fsp3) is 0.725. The average molecular weight is 745 g/mol. The Balaban J connectivity index is 1.44. The van der Waals surface area contributed by atoms with Crippen LogP contribution >= 0.6 is 0 Å². The van der Waals surface area contributed by atoms with Gasteiger partial charge in [-0.2, -0.15) is 5.06 Å². The van der Waals surface area contributed by atoms with Crippen LogP contribution in [-0.2, 0) is 49.5 Å². The Morgan fingerprint density at radius 1 is 1.04 bits per heavy atom. The molecule has 7 unspecified atom stereocenters. The number of hydrogen-bond acceptors (Lipinski definition) is 12. The number of hydrogen-bond donors (Lipinski definition) is 3. The van der Waals surface area contributed by atoms with Crippen LogP contribution in [0.5, 0.6) is 0 Å². The van der Waals surface area contributed by atoms with Crippen LogP contribution in [0.1, 0.15) is 116 Å². The third kappa shape index (κ3) is 9.60. The Bertz CT molecular complexity index is 1400. The van der Waals surface area contributed by atoms with Gasteiger partial charge in [-0.15, -0.1) is 0 Å². The maximum absolute atomic E-state index is 14.8. The van der Waals surface area contributed by atoms with Crippen LogP contribution in [0, 0.1) is 5.41 Å². The van der Waals surface area contributed by atoms with Crippen molar-refractivity contribution in [2.45, 2.75) is 160 Å². The molecular weight excluding hydrogens is 684 g/mol. The summed E-state index contributed by atoms with van der Waals surface area (Å²) in [6, 6.07) is 5.75. The van der Waals surface area contributed by atoms with E-state index in [4.69, 9.17) is 33.6 Å². The molecule has 0 aromatic heterocycles. The summed E-state index contributed by atoms with van der Waals surface area (Å²) in [6.45, 7) is 9.54. The number of nitrogens with zero attached hydrogens (tertiary/aromatic N) is 1. The average Bonchev–Trinajstić information content (AvgIpc) is 3.67. The first kappa shape index (κ1) is 41.1. The van der Waals surface area contributed by atoms with E-state index in [9.17, 15) is 19.5 Å². The molecule has 0 radical (unpaired) electrons. The summed E-state index contributed by atoms with van der Waals surface area (Å²) in [5.41, 5.74) is -0.371. The third-order valence-corrected chi connectivity index (χ3v) is 10.6. The van der Waals surface area contributed by atoms with Crippen molar-refractivity contribution in [1.29, 1.82) is 0 Å². The molecule has 3 saturated heterocycles. The predicted octanol–water partition coefficient (Wildman–Crippen LogP) is 4.71. The van der Waals surface area contributed by atoms with Gasteiger partial charge in [0.05, 0.1) is 32.1 Å². The number of hydroxylamine groups is 2. The molecule has 296 valence electrons. The number of esters is 2. The van der Waals surface area contributed by atoms with Gasteiger partial charge in [0.2, 0.25) is 5.91 Å². The molecule has 2 bridgehead atoms. The maximum Gasteiger partial charge on any atom is 0.327 e. The summed E-state index contributed by atoms with van der Waals surface area (Å²) in [4.78, 5) is 48.1. The molecule has 1 aromatic rings. The van der Waals surface area contributed by atoms with E-state index >= 15 is 0 Å². The molecule has 1 aromatic carbocycles.